The van der Waals surface area contributed by atoms with Gasteiger partial charge in [-0.1, -0.05) is 42.0 Å². The van der Waals surface area contributed by atoms with Gasteiger partial charge in [-0.05, 0) is 31.0 Å². The van der Waals surface area contributed by atoms with E-state index in [-0.39, 0.29) is 24.5 Å². The van der Waals surface area contributed by atoms with Crippen molar-refractivity contribution < 1.29 is 24.5 Å². The molecule has 1 atom stereocenters. The van der Waals surface area contributed by atoms with E-state index in [4.69, 9.17) is 4.74 Å². The first kappa shape index (κ1) is 19.6. The first-order valence-corrected chi connectivity index (χ1v) is 9.08. The third-order valence-corrected chi connectivity index (χ3v) is 4.85. The normalized spacial score (nSPS) is 18.5. The van der Waals surface area contributed by atoms with Gasteiger partial charge in [-0.2, -0.15) is 0 Å². The molecule has 0 bridgehead atoms. The number of hydrogen-bond donors (Lipinski definition) is 2. The fourth-order valence-electron chi connectivity index (χ4n) is 3.35. The van der Waals surface area contributed by atoms with Gasteiger partial charge in [0.2, 0.25) is 0 Å². The van der Waals surface area contributed by atoms with Crippen molar-refractivity contribution in [2.45, 2.75) is 19.4 Å². The zero-order valence-corrected chi connectivity index (χ0v) is 15.9. The van der Waals surface area contributed by atoms with Crippen LogP contribution < -0.4 is 4.74 Å². The second-order valence-electron chi connectivity index (χ2n) is 6.71. The van der Waals surface area contributed by atoms with E-state index in [2.05, 4.69) is 0 Å². The number of hydrogen-bond acceptors (Lipinski definition) is 5. The summed E-state index contributed by atoms with van der Waals surface area (Å²) < 4.78 is 5.18. The zero-order valence-electron chi connectivity index (χ0n) is 15.9. The Balaban J connectivity index is 2.13. The Morgan fingerprint density at radius 2 is 1.71 bits per heavy atom. The van der Waals surface area contributed by atoms with Crippen LogP contribution in [0.4, 0.5) is 0 Å². The van der Waals surface area contributed by atoms with Gasteiger partial charge in [-0.25, -0.2) is 0 Å². The Morgan fingerprint density at radius 3 is 2.29 bits per heavy atom. The van der Waals surface area contributed by atoms with Crippen molar-refractivity contribution in [2.24, 2.45) is 0 Å². The number of aryl methyl sites for hydroxylation is 1. The van der Waals surface area contributed by atoms with Crippen LogP contribution in [-0.2, 0) is 9.59 Å². The number of ether oxygens (including phenoxy) is 1. The van der Waals surface area contributed by atoms with Crippen LogP contribution in [0.5, 0.6) is 5.75 Å². The predicted molar refractivity (Wildman–Crippen MR) is 105 cm³/mol. The number of ketones is 1. The number of rotatable bonds is 6. The van der Waals surface area contributed by atoms with Gasteiger partial charge in [0.15, 0.2) is 0 Å². The number of carbonyl (C=O) groups excluding carboxylic acids is 2. The summed E-state index contributed by atoms with van der Waals surface area (Å²) in [5, 5.41) is 20.1. The maximum absolute atomic E-state index is 12.8. The fraction of sp³-hybridized carbons (Fsp3) is 0.273. The highest BCUT2D eigenvalue weighted by Gasteiger charge is 2.45. The number of methoxy groups -OCH3 is 1. The van der Waals surface area contributed by atoms with Crippen LogP contribution in [-0.4, -0.2) is 47.1 Å². The molecule has 3 rings (SSSR count). The first-order valence-electron chi connectivity index (χ1n) is 9.08. The summed E-state index contributed by atoms with van der Waals surface area (Å²) in [6.07, 6.45) is 0.338. The largest absolute Gasteiger partial charge is 0.507 e. The van der Waals surface area contributed by atoms with Crippen molar-refractivity contribution in [1.29, 1.82) is 0 Å². The monoisotopic (exact) mass is 381 g/mol. The molecule has 6 heteroatoms. The van der Waals surface area contributed by atoms with E-state index in [1.165, 1.54) is 4.90 Å². The number of nitrogens with zero attached hydrogens (tertiary/aromatic N) is 1. The van der Waals surface area contributed by atoms with Gasteiger partial charge in [0.1, 0.15) is 11.5 Å². The molecule has 1 fully saturated rings. The van der Waals surface area contributed by atoms with Crippen LogP contribution in [0.25, 0.3) is 5.76 Å². The molecule has 0 spiro atoms. The third kappa shape index (κ3) is 3.64. The summed E-state index contributed by atoms with van der Waals surface area (Å²) in [4.78, 5) is 26.8. The molecule has 0 radical (unpaired) electrons. The Labute approximate surface area is 163 Å². The Kier molecular flexibility index (Phi) is 5.80. The van der Waals surface area contributed by atoms with E-state index in [0.717, 1.165) is 5.56 Å². The maximum Gasteiger partial charge on any atom is 0.295 e. The predicted octanol–water partition coefficient (Wildman–Crippen LogP) is 2.81. The molecule has 28 heavy (non-hydrogen) atoms. The van der Waals surface area contributed by atoms with Crippen molar-refractivity contribution in [3.8, 4) is 5.75 Å². The summed E-state index contributed by atoms with van der Waals surface area (Å²) >= 11 is 0. The average molecular weight is 381 g/mol. The van der Waals surface area contributed by atoms with Crippen LogP contribution in [0.2, 0.25) is 0 Å². The lowest BCUT2D eigenvalue weighted by Gasteiger charge is -2.25. The van der Waals surface area contributed by atoms with Crippen LogP contribution in [0.15, 0.2) is 54.1 Å². The minimum absolute atomic E-state index is 0.0527. The van der Waals surface area contributed by atoms with E-state index in [1.54, 1.807) is 43.5 Å². The number of amides is 1. The molecule has 1 heterocycles. The van der Waals surface area contributed by atoms with Crippen LogP contribution in [0.1, 0.15) is 29.2 Å². The lowest BCUT2D eigenvalue weighted by atomic mass is 9.95. The van der Waals surface area contributed by atoms with E-state index >= 15 is 0 Å². The summed E-state index contributed by atoms with van der Waals surface area (Å²) in [6, 6.07) is 13.4. The molecule has 0 saturated carbocycles. The highest BCUT2D eigenvalue weighted by molar-refractivity contribution is 6.46. The molecular formula is C22H23NO5. The first-order chi connectivity index (χ1) is 13.5. The van der Waals surface area contributed by atoms with Gasteiger partial charge in [0.05, 0.1) is 18.7 Å². The number of aliphatic hydroxyl groups excluding tert-OH is 2. The van der Waals surface area contributed by atoms with E-state index in [0.29, 0.717) is 23.3 Å². The minimum atomic E-state index is -0.725. The van der Waals surface area contributed by atoms with Gasteiger partial charge in [-0.15, -0.1) is 0 Å². The number of benzene rings is 2. The Bertz CT molecular complexity index is 900. The van der Waals surface area contributed by atoms with Crippen molar-refractivity contribution in [2.75, 3.05) is 20.3 Å². The SMILES string of the molecule is COc1ccc([C@@H]2/C(=C(\O)c3ccc(C)cc3)C(=O)C(=O)N2CCCO)cc1. The van der Waals surface area contributed by atoms with E-state index in [1.807, 2.05) is 19.1 Å². The molecule has 1 aliphatic rings. The van der Waals surface area contributed by atoms with Crippen molar-refractivity contribution in [3.63, 3.8) is 0 Å². The quantitative estimate of drug-likeness (QED) is 0.456. The second kappa shape index (κ2) is 8.27. The van der Waals surface area contributed by atoms with Gasteiger partial charge in [0.25, 0.3) is 11.7 Å². The average Bonchev–Trinajstić information content (AvgIpc) is 2.97. The maximum atomic E-state index is 12.8. The molecule has 0 aliphatic carbocycles. The summed E-state index contributed by atoms with van der Waals surface area (Å²) in [7, 11) is 1.56. The van der Waals surface area contributed by atoms with Crippen molar-refractivity contribution in [1.82, 2.24) is 4.90 Å². The smallest absolute Gasteiger partial charge is 0.295 e. The highest BCUT2D eigenvalue weighted by Crippen LogP contribution is 2.39. The molecule has 2 aromatic carbocycles. The number of Topliss-reactive ketones (excluding diaryl/α,β-unsaturated/α-hetero) is 1. The molecule has 1 saturated heterocycles. The second-order valence-corrected chi connectivity index (χ2v) is 6.71. The van der Waals surface area contributed by atoms with Gasteiger partial charge >= 0.3 is 0 Å². The lowest BCUT2D eigenvalue weighted by Crippen LogP contribution is -2.31. The highest BCUT2D eigenvalue weighted by atomic mass is 16.5. The molecule has 1 aliphatic heterocycles. The van der Waals surface area contributed by atoms with Gasteiger partial charge < -0.3 is 19.8 Å². The van der Waals surface area contributed by atoms with Crippen molar-refractivity contribution in [3.05, 3.63) is 70.8 Å². The zero-order chi connectivity index (χ0) is 20.3. The van der Waals surface area contributed by atoms with Crippen molar-refractivity contribution >= 4 is 17.4 Å². The lowest BCUT2D eigenvalue weighted by molar-refractivity contribution is -0.140. The molecule has 2 aromatic rings. The van der Waals surface area contributed by atoms with Gasteiger partial charge in [-0.3, -0.25) is 9.59 Å². The molecule has 6 nitrogen and oxygen atoms in total. The number of likely N-dealkylation sites (tertiary alicyclic amines) is 1. The third-order valence-electron chi connectivity index (χ3n) is 4.85. The Morgan fingerprint density at radius 1 is 1.07 bits per heavy atom. The molecule has 0 unspecified atom stereocenters. The number of carbonyl (C=O) groups is 2. The van der Waals surface area contributed by atoms with E-state index < -0.39 is 17.7 Å². The summed E-state index contributed by atoms with van der Waals surface area (Å²) in [6.45, 7) is 2.04. The topological polar surface area (TPSA) is 87.1 Å². The van der Waals surface area contributed by atoms with Gasteiger partial charge in [0, 0.05) is 18.7 Å². The van der Waals surface area contributed by atoms with Crippen LogP contribution in [0.3, 0.4) is 0 Å². The van der Waals surface area contributed by atoms with Crippen LogP contribution >= 0.6 is 0 Å². The molecule has 1 amide bonds. The minimum Gasteiger partial charge on any atom is -0.507 e. The van der Waals surface area contributed by atoms with E-state index in [9.17, 15) is 19.8 Å². The molecule has 0 aromatic heterocycles. The fourth-order valence-corrected chi connectivity index (χ4v) is 3.35. The summed E-state index contributed by atoms with van der Waals surface area (Å²) in [5.74, 6) is -0.958. The Hall–Kier alpha value is -3.12. The summed E-state index contributed by atoms with van der Waals surface area (Å²) in [5.41, 5.74) is 2.24. The molecule has 146 valence electrons. The number of aliphatic hydroxyl groups is 2. The molecular weight excluding hydrogens is 358 g/mol. The van der Waals surface area contributed by atoms with Crippen LogP contribution in [0, 0.1) is 6.92 Å². The molecule has 2 N–H and O–H groups in total. The standard InChI is InChI=1S/C22H23NO5/c1-14-4-6-16(7-5-14)20(25)18-19(15-8-10-17(28-2)11-9-15)23(12-3-13-24)22(27)21(18)26/h4-11,19,24-25H,3,12-13H2,1-2H3/b20-18+/t19-/m1/s1.